The highest BCUT2D eigenvalue weighted by molar-refractivity contribution is 5.73. The third-order valence-electron chi connectivity index (χ3n) is 5.00. The second-order valence-corrected chi connectivity index (χ2v) is 7.37. The van der Waals surface area contributed by atoms with E-state index in [1.165, 1.54) is 0 Å². The minimum atomic E-state index is 0.174. The summed E-state index contributed by atoms with van der Waals surface area (Å²) < 4.78 is 2.33. The maximum atomic E-state index is 11.7. The van der Waals surface area contributed by atoms with Gasteiger partial charge in [0.25, 0.3) is 0 Å². The molecule has 0 spiro atoms. The fraction of sp³-hybridized carbons (Fsp3) is 0.824. The number of carbonyl (C=O) groups is 1. The molecule has 1 aromatic heterocycles. The first-order chi connectivity index (χ1) is 11.0. The van der Waals surface area contributed by atoms with Gasteiger partial charge in [0.15, 0.2) is 0 Å². The van der Waals surface area contributed by atoms with Crippen molar-refractivity contribution in [3.63, 3.8) is 0 Å². The predicted molar refractivity (Wildman–Crippen MR) is 89.2 cm³/mol. The smallest absolute Gasteiger partial charge is 0.219 e. The summed E-state index contributed by atoms with van der Waals surface area (Å²) in [7, 11) is 0. The molecule has 0 bridgehead atoms. The number of rotatable bonds is 3. The van der Waals surface area contributed by atoms with E-state index >= 15 is 0 Å². The molecule has 1 unspecified atom stereocenters. The number of piperidine rings is 1. The highest BCUT2D eigenvalue weighted by atomic mass is 16.2. The van der Waals surface area contributed by atoms with E-state index in [1.807, 2.05) is 4.90 Å². The molecule has 0 radical (unpaired) electrons. The van der Waals surface area contributed by atoms with Crippen molar-refractivity contribution in [2.24, 2.45) is 5.92 Å². The van der Waals surface area contributed by atoms with Gasteiger partial charge in [-0.05, 0) is 18.8 Å². The van der Waals surface area contributed by atoms with Gasteiger partial charge in [-0.15, -0.1) is 10.2 Å². The Morgan fingerprint density at radius 3 is 2.78 bits per heavy atom. The molecule has 0 saturated carbocycles. The highest BCUT2D eigenvalue weighted by Crippen LogP contribution is 2.27. The van der Waals surface area contributed by atoms with Gasteiger partial charge in [-0.25, -0.2) is 0 Å². The maximum absolute atomic E-state index is 11.7. The van der Waals surface area contributed by atoms with Crippen molar-refractivity contribution >= 4 is 5.91 Å². The summed E-state index contributed by atoms with van der Waals surface area (Å²) in [5.74, 6) is 3.42. The number of nitrogens with zero attached hydrogens (tertiary/aromatic N) is 5. The average molecular weight is 319 g/mol. The Morgan fingerprint density at radius 1 is 1.22 bits per heavy atom. The molecule has 128 valence electrons. The number of likely N-dealkylation sites (tertiary alicyclic amines) is 1. The number of carbonyl (C=O) groups excluding carboxylic acids is 1. The van der Waals surface area contributed by atoms with Crippen molar-refractivity contribution in [2.45, 2.75) is 52.5 Å². The molecule has 3 rings (SSSR count). The first kappa shape index (κ1) is 16.4. The van der Waals surface area contributed by atoms with E-state index in [0.29, 0.717) is 11.8 Å². The van der Waals surface area contributed by atoms with E-state index in [4.69, 9.17) is 0 Å². The minimum Gasteiger partial charge on any atom is -0.342 e. The van der Waals surface area contributed by atoms with Gasteiger partial charge in [0, 0.05) is 58.5 Å². The van der Waals surface area contributed by atoms with Crippen molar-refractivity contribution in [1.82, 2.24) is 24.6 Å². The van der Waals surface area contributed by atoms with Gasteiger partial charge in [-0.2, -0.15) is 0 Å². The molecule has 1 fully saturated rings. The van der Waals surface area contributed by atoms with Gasteiger partial charge < -0.3 is 14.4 Å². The molecule has 6 heteroatoms. The molecule has 0 aliphatic carbocycles. The zero-order valence-electron chi connectivity index (χ0n) is 14.7. The van der Waals surface area contributed by atoms with Crippen LogP contribution in [0.4, 0.5) is 0 Å². The van der Waals surface area contributed by atoms with Crippen LogP contribution in [0, 0.1) is 5.92 Å². The van der Waals surface area contributed by atoms with Gasteiger partial charge in [0.1, 0.15) is 11.6 Å². The lowest BCUT2D eigenvalue weighted by molar-refractivity contribution is -0.130. The Labute approximate surface area is 138 Å². The Hall–Kier alpha value is -1.43. The fourth-order valence-corrected chi connectivity index (χ4v) is 3.86. The molecule has 6 nitrogen and oxygen atoms in total. The Kier molecular flexibility index (Phi) is 4.99. The second-order valence-electron chi connectivity index (χ2n) is 7.37. The van der Waals surface area contributed by atoms with Crippen LogP contribution in [0.5, 0.6) is 0 Å². The molecular weight excluding hydrogens is 290 g/mol. The normalized spacial score (nSPS) is 23.0. The Bertz CT molecular complexity index is 553. The number of aromatic nitrogens is 3. The van der Waals surface area contributed by atoms with Crippen LogP contribution >= 0.6 is 0 Å². The van der Waals surface area contributed by atoms with Crippen molar-refractivity contribution in [3.05, 3.63) is 11.6 Å². The molecule has 1 aromatic rings. The molecular formula is C17H29N5O. The van der Waals surface area contributed by atoms with E-state index in [0.717, 1.165) is 70.2 Å². The second kappa shape index (κ2) is 6.99. The quantitative estimate of drug-likeness (QED) is 0.847. The summed E-state index contributed by atoms with van der Waals surface area (Å²) in [6, 6.07) is 0. The summed E-state index contributed by atoms with van der Waals surface area (Å²) >= 11 is 0. The van der Waals surface area contributed by atoms with Crippen LogP contribution in [0.25, 0.3) is 0 Å². The lowest BCUT2D eigenvalue weighted by Gasteiger charge is -2.31. The SMILES string of the molecule is CC(=O)N1CCCC(c2nnc3n2CCN(CC(C)C)CC3)C1. The monoisotopic (exact) mass is 319 g/mol. The third-order valence-corrected chi connectivity index (χ3v) is 5.00. The van der Waals surface area contributed by atoms with Gasteiger partial charge in [-0.3, -0.25) is 4.79 Å². The molecule has 1 saturated heterocycles. The van der Waals surface area contributed by atoms with Gasteiger partial charge in [0.2, 0.25) is 5.91 Å². The third kappa shape index (κ3) is 3.74. The Balaban J connectivity index is 1.72. The highest BCUT2D eigenvalue weighted by Gasteiger charge is 2.29. The lowest BCUT2D eigenvalue weighted by atomic mass is 9.97. The van der Waals surface area contributed by atoms with Crippen LogP contribution in [-0.4, -0.2) is 63.2 Å². The van der Waals surface area contributed by atoms with Crippen molar-refractivity contribution < 1.29 is 4.79 Å². The van der Waals surface area contributed by atoms with Crippen LogP contribution in [0.3, 0.4) is 0 Å². The molecule has 0 aromatic carbocycles. The van der Waals surface area contributed by atoms with Crippen molar-refractivity contribution in [1.29, 1.82) is 0 Å². The molecule has 0 N–H and O–H groups in total. The van der Waals surface area contributed by atoms with E-state index in [9.17, 15) is 4.79 Å². The van der Waals surface area contributed by atoms with E-state index in [-0.39, 0.29) is 5.91 Å². The summed E-state index contributed by atoms with van der Waals surface area (Å²) in [5, 5.41) is 8.96. The van der Waals surface area contributed by atoms with Crippen molar-refractivity contribution in [2.75, 3.05) is 32.7 Å². The summed E-state index contributed by atoms with van der Waals surface area (Å²) in [6.45, 7) is 12.1. The van der Waals surface area contributed by atoms with E-state index in [2.05, 4.69) is 33.5 Å². The molecule has 23 heavy (non-hydrogen) atoms. The molecule has 2 aliphatic heterocycles. The molecule has 1 atom stereocenters. The van der Waals surface area contributed by atoms with Crippen LogP contribution in [0.1, 0.15) is 51.2 Å². The molecule has 3 heterocycles. The fourth-order valence-electron chi connectivity index (χ4n) is 3.86. The number of amides is 1. The number of fused-ring (bicyclic) bond motifs is 1. The van der Waals surface area contributed by atoms with E-state index in [1.54, 1.807) is 6.92 Å². The first-order valence-corrected chi connectivity index (χ1v) is 8.94. The number of hydrogen-bond donors (Lipinski definition) is 0. The van der Waals surface area contributed by atoms with Gasteiger partial charge >= 0.3 is 0 Å². The first-order valence-electron chi connectivity index (χ1n) is 8.94. The molecule has 1 amide bonds. The van der Waals surface area contributed by atoms with Crippen LogP contribution < -0.4 is 0 Å². The average Bonchev–Trinajstić information content (AvgIpc) is 2.83. The zero-order chi connectivity index (χ0) is 16.4. The molecule has 2 aliphatic rings. The lowest BCUT2D eigenvalue weighted by Crippen LogP contribution is -2.38. The summed E-state index contributed by atoms with van der Waals surface area (Å²) in [5.41, 5.74) is 0. The topological polar surface area (TPSA) is 54.3 Å². The minimum absolute atomic E-state index is 0.174. The van der Waals surface area contributed by atoms with Crippen LogP contribution in [0.15, 0.2) is 0 Å². The Morgan fingerprint density at radius 2 is 2.04 bits per heavy atom. The summed E-state index contributed by atoms with van der Waals surface area (Å²) in [6.07, 6.45) is 3.15. The largest absolute Gasteiger partial charge is 0.342 e. The number of hydrogen-bond acceptors (Lipinski definition) is 4. The van der Waals surface area contributed by atoms with Crippen LogP contribution in [0.2, 0.25) is 0 Å². The standard InChI is InChI=1S/C17H29N5O/c1-13(2)11-20-8-6-16-18-19-17(22(16)10-9-20)15-5-4-7-21(12-15)14(3)23/h13,15H,4-12H2,1-3H3. The van der Waals surface area contributed by atoms with Crippen molar-refractivity contribution in [3.8, 4) is 0 Å². The maximum Gasteiger partial charge on any atom is 0.219 e. The predicted octanol–water partition coefficient (Wildman–Crippen LogP) is 1.52. The van der Waals surface area contributed by atoms with Gasteiger partial charge in [0.05, 0.1) is 0 Å². The van der Waals surface area contributed by atoms with E-state index < -0.39 is 0 Å². The summed E-state index contributed by atoms with van der Waals surface area (Å²) in [4.78, 5) is 16.2. The van der Waals surface area contributed by atoms with Crippen LogP contribution in [-0.2, 0) is 17.8 Å². The van der Waals surface area contributed by atoms with Gasteiger partial charge in [-0.1, -0.05) is 13.8 Å². The zero-order valence-corrected chi connectivity index (χ0v) is 14.7.